The molecule has 118 valence electrons. The van der Waals surface area contributed by atoms with Gasteiger partial charge in [-0.1, -0.05) is 54.1 Å². The third-order valence-electron chi connectivity index (χ3n) is 4.18. The molecule has 4 rings (SSSR count). The first-order valence-corrected chi connectivity index (χ1v) is 8.17. The van der Waals surface area contributed by atoms with Crippen molar-refractivity contribution in [3.8, 4) is 5.75 Å². The Labute approximate surface area is 146 Å². The van der Waals surface area contributed by atoms with Gasteiger partial charge >= 0.3 is 0 Å². The van der Waals surface area contributed by atoms with Crippen LogP contribution in [-0.4, -0.2) is 0 Å². The number of para-hydroxylation sites is 1. The van der Waals surface area contributed by atoms with Crippen LogP contribution in [0.3, 0.4) is 0 Å². The SMILES string of the molecule is Nc1cccc(C=C2c3ccccc3OCc3c(Cl)cccc32)c1. The Morgan fingerprint density at radius 3 is 2.58 bits per heavy atom. The minimum atomic E-state index is 0.459. The molecule has 1 aliphatic heterocycles. The molecule has 0 amide bonds. The second-order valence-electron chi connectivity index (χ2n) is 5.78. The summed E-state index contributed by atoms with van der Waals surface area (Å²) >= 11 is 6.42. The third kappa shape index (κ3) is 2.66. The molecule has 0 spiro atoms. The fourth-order valence-electron chi connectivity index (χ4n) is 3.04. The van der Waals surface area contributed by atoms with Gasteiger partial charge in [0.05, 0.1) is 0 Å². The highest BCUT2D eigenvalue weighted by Gasteiger charge is 2.20. The van der Waals surface area contributed by atoms with Gasteiger partial charge in [-0.3, -0.25) is 0 Å². The average molecular weight is 334 g/mol. The minimum absolute atomic E-state index is 0.459. The van der Waals surface area contributed by atoms with Crippen molar-refractivity contribution >= 4 is 28.9 Å². The van der Waals surface area contributed by atoms with E-state index in [2.05, 4.69) is 18.2 Å². The topological polar surface area (TPSA) is 35.2 Å². The molecule has 0 saturated carbocycles. The summed E-state index contributed by atoms with van der Waals surface area (Å²) in [7, 11) is 0. The van der Waals surface area contributed by atoms with Crippen LogP contribution in [0.1, 0.15) is 22.3 Å². The summed E-state index contributed by atoms with van der Waals surface area (Å²) in [5.74, 6) is 0.861. The van der Waals surface area contributed by atoms with Crippen LogP contribution in [0.4, 0.5) is 5.69 Å². The highest BCUT2D eigenvalue weighted by Crippen LogP contribution is 2.39. The molecule has 0 bridgehead atoms. The Kier molecular flexibility index (Phi) is 3.75. The Balaban J connectivity index is 1.99. The molecule has 0 aromatic heterocycles. The number of nitrogen functional groups attached to an aromatic ring is 1. The number of rotatable bonds is 1. The van der Waals surface area contributed by atoms with E-state index in [9.17, 15) is 0 Å². The molecule has 2 nitrogen and oxygen atoms in total. The van der Waals surface area contributed by atoms with Crippen molar-refractivity contribution in [1.82, 2.24) is 0 Å². The number of nitrogens with two attached hydrogens (primary N) is 1. The maximum Gasteiger partial charge on any atom is 0.127 e. The second-order valence-corrected chi connectivity index (χ2v) is 6.19. The van der Waals surface area contributed by atoms with Gasteiger partial charge in [0, 0.05) is 21.8 Å². The Morgan fingerprint density at radius 1 is 0.917 bits per heavy atom. The van der Waals surface area contributed by atoms with E-state index in [1.165, 1.54) is 0 Å². The molecular formula is C21H16ClNO. The van der Waals surface area contributed by atoms with Crippen LogP contribution < -0.4 is 10.5 Å². The number of ether oxygens (including phenoxy) is 1. The minimum Gasteiger partial charge on any atom is -0.488 e. The van der Waals surface area contributed by atoms with E-state index in [0.717, 1.165) is 44.3 Å². The number of fused-ring (bicyclic) bond motifs is 2. The van der Waals surface area contributed by atoms with Gasteiger partial charge < -0.3 is 10.5 Å². The number of benzene rings is 3. The lowest BCUT2D eigenvalue weighted by atomic mass is 9.92. The van der Waals surface area contributed by atoms with Gasteiger partial charge in [0.1, 0.15) is 12.4 Å². The Hall–Kier alpha value is -2.71. The second kappa shape index (κ2) is 6.06. The van der Waals surface area contributed by atoms with E-state index in [1.807, 2.05) is 54.6 Å². The Morgan fingerprint density at radius 2 is 1.71 bits per heavy atom. The van der Waals surface area contributed by atoms with Gasteiger partial charge in [-0.05, 0) is 47.0 Å². The largest absolute Gasteiger partial charge is 0.488 e. The molecule has 0 saturated heterocycles. The molecule has 3 heteroatoms. The molecule has 3 aromatic carbocycles. The normalized spacial score (nSPS) is 14.5. The molecule has 0 unspecified atom stereocenters. The van der Waals surface area contributed by atoms with Crippen molar-refractivity contribution in [2.75, 3.05) is 5.73 Å². The van der Waals surface area contributed by atoms with E-state index in [0.29, 0.717) is 6.61 Å². The zero-order valence-corrected chi connectivity index (χ0v) is 13.8. The summed E-state index contributed by atoms with van der Waals surface area (Å²) in [5.41, 5.74) is 12.0. The number of hydrogen-bond donors (Lipinski definition) is 1. The van der Waals surface area contributed by atoms with Crippen molar-refractivity contribution in [3.63, 3.8) is 0 Å². The summed E-state index contributed by atoms with van der Waals surface area (Å²) in [5, 5.41) is 0.721. The van der Waals surface area contributed by atoms with Crippen LogP contribution in [0.15, 0.2) is 66.7 Å². The fourth-order valence-corrected chi connectivity index (χ4v) is 3.27. The summed E-state index contributed by atoms with van der Waals surface area (Å²) in [6.45, 7) is 0.459. The Bertz CT molecular complexity index is 946. The predicted molar refractivity (Wildman–Crippen MR) is 100 cm³/mol. The van der Waals surface area contributed by atoms with Crippen LogP contribution in [0.25, 0.3) is 11.6 Å². The van der Waals surface area contributed by atoms with Crippen LogP contribution in [0.2, 0.25) is 5.02 Å². The van der Waals surface area contributed by atoms with Crippen LogP contribution in [0.5, 0.6) is 5.75 Å². The average Bonchev–Trinajstić information content (AvgIpc) is 2.74. The molecule has 0 fully saturated rings. The molecule has 3 aromatic rings. The summed E-state index contributed by atoms with van der Waals surface area (Å²) in [6, 6.07) is 21.9. The van der Waals surface area contributed by atoms with E-state index in [-0.39, 0.29) is 0 Å². The first-order chi connectivity index (χ1) is 11.7. The molecule has 2 N–H and O–H groups in total. The molecule has 0 atom stereocenters. The summed E-state index contributed by atoms with van der Waals surface area (Å²) in [6.07, 6.45) is 2.14. The smallest absolute Gasteiger partial charge is 0.127 e. The van der Waals surface area contributed by atoms with Crippen molar-refractivity contribution in [1.29, 1.82) is 0 Å². The lowest BCUT2D eigenvalue weighted by Crippen LogP contribution is -1.96. The fraction of sp³-hybridized carbons (Fsp3) is 0.0476. The lowest BCUT2D eigenvalue weighted by molar-refractivity contribution is 0.307. The zero-order chi connectivity index (χ0) is 16.5. The quantitative estimate of drug-likeness (QED) is 0.605. The van der Waals surface area contributed by atoms with Gasteiger partial charge in [0.15, 0.2) is 0 Å². The van der Waals surface area contributed by atoms with Crippen molar-refractivity contribution in [3.05, 3.63) is 94.0 Å². The van der Waals surface area contributed by atoms with E-state index >= 15 is 0 Å². The van der Waals surface area contributed by atoms with Crippen molar-refractivity contribution < 1.29 is 4.74 Å². The van der Waals surface area contributed by atoms with E-state index in [1.54, 1.807) is 0 Å². The standard InChI is InChI=1S/C21H16ClNO/c22-20-9-4-8-16-18(12-14-5-3-6-15(23)11-14)17-7-1-2-10-21(17)24-13-19(16)20/h1-12H,13,23H2. The number of hydrogen-bond acceptors (Lipinski definition) is 2. The summed E-state index contributed by atoms with van der Waals surface area (Å²) in [4.78, 5) is 0. The third-order valence-corrected chi connectivity index (χ3v) is 4.53. The van der Waals surface area contributed by atoms with E-state index in [4.69, 9.17) is 22.1 Å². The highest BCUT2D eigenvalue weighted by atomic mass is 35.5. The van der Waals surface area contributed by atoms with Gasteiger partial charge in [-0.2, -0.15) is 0 Å². The molecular weight excluding hydrogens is 318 g/mol. The van der Waals surface area contributed by atoms with Gasteiger partial charge in [-0.25, -0.2) is 0 Å². The molecule has 1 heterocycles. The molecule has 0 aliphatic carbocycles. The maximum atomic E-state index is 6.42. The van der Waals surface area contributed by atoms with Crippen LogP contribution in [-0.2, 0) is 6.61 Å². The monoisotopic (exact) mass is 333 g/mol. The van der Waals surface area contributed by atoms with Crippen molar-refractivity contribution in [2.24, 2.45) is 0 Å². The zero-order valence-electron chi connectivity index (χ0n) is 13.0. The number of halogens is 1. The highest BCUT2D eigenvalue weighted by molar-refractivity contribution is 6.31. The number of anilines is 1. The van der Waals surface area contributed by atoms with Gasteiger partial charge in [0.2, 0.25) is 0 Å². The summed E-state index contributed by atoms with van der Waals surface area (Å²) < 4.78 is 6.00. The van der Waals surface area contributed by atoms with Gasteiger partial charge in [0.25, 0.3) is 0 Å². The first kappa shape index (κ1) is 14.9. The lowest BCUT2D eigenvalue weighted by Gasteiger charge is -2.11. The van der Waals surface area contributed by atoms with Gasteiger partial charge in [-0.15, -0.1) is 0 Å². The predicted octanol–water partition coefficient (Wildman–Crippen LogP) is 5.40. The van der Waals surface area contributed by atoms with Crippen molar-refractivity contribution in [2.45, 2.75) is 6.61 Å². The molecule has 1 aliphatic rings. The maximum absolute atomic E-state index is 6.42. The molecule has 0 radical (unpaired) electrons. The van der Waals surface area contributed by atoms with Crippen LogP contribution >= 0.6 is 11.6 Å². The van der Waals surface area contributed by atoms with E-state index < -0.39 is 0 Å². The first-order valence-electron chi connectivity index (χ1n) is 7.79. The molecule has 24 heavy (non-hydrogen) atoms. The van der Waals surface area contributed by atoms with Crippen LogP contribution in [0, 0.1) is 0 Å².